The molecule has 3 aliphatic heterocycles. The Hall–Kier alpha value is -2.93. The summed E-state index contributed by atoms with van der Waals surface area (Å²) in [5, 5.41) is 3.63. The Morgan fingerprint density at radius 3 is 2.54 bits per heavy atom. The highest BCUT2D eigenvalue weighted by Crippen LogP contribution is 2.40. The summed E-state index contributed by atoms with van der Waals surface area (Å²) < 4.78 is 5.71. The van der Waals surface area contributed by atoms with E-state index in [4.69, 9.17) is 9.72 Å². The van der Waals surface area contributed by atoms with Crippen LogP contribution in [0.3, 0.4) is 0 Å². The number of pyridine rings is 1. The number of carbonyl (C=O) groups excluding carboxylic acids is 2. The number of nitrogens with one attached hydrogen (secondary N) is 1. The summed E-state index contributed by atoms with van der Waals surface area (Å²) in [6.07, 6.45) is 7.24. The maximum absolute atomic E-state index is 13.9. The number of fused-ring (bicyclic) bond motifs is 1. The fourth-order valence-electron chi connectivity index (χ4n) is 6.72. The Morgan fingerprint density at radius 1 is 1.03 bits per heavy atom. The summed E-state index contributed by atoms with van der Waals surface area (Å²) >= 11 is 0. The van der Waals surface area contributed by atoms with E-state index in [1.807, 2.05) is 23.1 Å². The zero-order valence-corrected chi connectivity index (χ0v) is 21.8. The molecule has 4 heterocycles. The first kappa shape index (κ1) is 24.4. The van der Waals surface area contributed by atoms with Crippen molar-refractivity contribution in [3.63, 3.8) is 0 Å². The number of nitrogens with zero attached hydrogens (tertiary/aromatic N) is 3. The molecule has 6 rings (SSSR count). The molecule has 37 heavy (non-hydrogen) atoms. The second kappa shape index (κ2) is 10.4. The Kier molecular flexibility index (Phi) is 6.89. The van der Waals surface area contributed by atoms with Crippen LogP contribution < -0.4 is 10.2 Å². The third-order valence-corrected chi connectivity index (χ3v) is 8.87. The van der Waals surface area contributed by atoms with E-state index in [9.17, 15) is 9.59 Å². The van der Waals surface area contributed by atoms with Crippen LogP contribution in [0.5, 0.6) is 0 Å². The highest BCUT2D eigenvalue weighted by molar-refractivity contribution is 6.00. The van der Waals surface area contributed by atoms with Gasteiger partial charge in [0.25, 0.3) is 0 Å². The van der Waals surface area contributed by atoms with Gasteiger partial charge in [-0.2, -0.15) is 0 Å². The average Bonchev–Trinajstić information content (AvgIpc) is 3.64. The number of hydrogen-bond acceptors (Lipinski definition) is 5. The number of likely N-dealkylation sites (tertiary alicyclic amines) is 1. The van der Waals surface area contributed by atoms with Crippen LogP contribution in [0.1, 0.15) is 67.7 Å². The Bertz CT molecular complexity index is 1150. The molecule has 0 spiro atoms. The largest absolute Gasteiger partial charge is 0.381 e. The number of hydrogen-bond donors (Lipinski definition) is 1. The first-order valence-electron chi connectivity index (χ1n) is 14.1. The van der Waals surface area contributed by atoms with Crippen LogP contribution >= 0.6 is 0 Å². The zero-order chi connectivity index (χ0) is 25.4. The molecule has 1 aliphatic carbocycles. The molecule has 2 amide bonds. The second-order valence-corrected chi connectivity index (χ2v) is 11.3. The molecule has 4 aliphatic rings. The van der Waals surface area contributed by atoms with Crippen LogP contribution in [0.2, 0.25) is 0 Å². The molecule has 7 heteroatoms. The van der Waals surface area contributed by atoms with Gasteiger partial charge in [-0.05, 0) is 62.3 Å². The summed E-state index contributed by atoms with van der Waals surface area (Å²) in [4.78, 5) is 35.8. The molecular formula is C30H38N4O3. The summed E-state index contributed by atoms with van der Waals surface area (Å²) in [5.41, 5.74) is 4.10. The Labute approximate surface area is 219 Å². The van der Waals surface area contributed by atoms with Crippen molar-refractivity contribution in [2.45, 2.75) is 70.4 Å². The van der Waals surface area contributed by atoms with Crippen molar-refractivity contribution in [3.8, 4) is 0 Å². The number of ether oxygens (including phenoxy) is 1. The monoisotopic (exact) mass is 502 g/mol. The van der Waals surface area contributed by atoms with Gasteiger partial charge in [0.15, 0.2) is 0 Å². The number of amides is 2. The molecule has 1 aromatic heterocycles. The third-order valence-electron chi connectivity index (χ3n) is 8.87. The lowest BCUT2D eigenvalue weighted by atomic mass is 9.82. The van der Waals surface area contributed by atoms with Gasteiger partial charge in [0.2, 0.25) is 11.8 Å². The van der Waals surface area contributed by atoms with Gasteiger partial charge in [-0.25, -0.2) is 4.98 Å². The lowest BCUT2D eigenvalue weighted by Gasteiger charge is -2.37. The fourth-order valence-corrected chi connectivity index (χ4v) is 6.72. The van der Waals surface area contributed by atoms with Gasteiger partial charge >= 0.3 is 0 Å². The standard InChI is InChI=1S/C30H38N4O3/c1-20-6-2-5-9-25(20)34-18-22-10-11-26(32-28(22)27(30(34)36)23-14-17-37-19-23)31-24-12-15-33(16-13-24)29(35)21-7-3-4-8-21/h2,5-6,9-11,21,23-24,27H,3-4,7-8,12-19H2,1H3,(H,31,32). The number of piperidine rings is 1. The molecule has 2 saturated heterocycles. The molecule has 1 aromatic carbocycles. The van der Waals surface area contributed by atoms with Crippen LogP contribution in [0, 0.1) is 18.8 Å². The first-order valence-corrected chi connectivity index (χ1v) is 14.1. The van der Waals surface area contributed by atoms with Gasteiger partial charge in [-0.15, -0.1) is 0 Å². The molecule has 2 unspecified atom stereocenters. The third kappa shape index (κ3) is 4.86. The van der Waals surface area contributed by atoms with Gasteiger partial charge in [0.05, 0.1) is 24.8 Å². The maximum Gasteiger partial charge on any atom is 0.236 e. The molecule has 196 valence electrons. The highest BCUT2D eigenvalue weighted by atomic mass is 16.5. The summed E-state index contributed by atoms with van der Waals surface area (Å²) in [6.45, 7) is 5.52. The zero-order valence-electron chi connectivity index (χ0n) is 21.8. The number of aryl methyl sites for hydroxylation is 1. The molecule has 2 aromatic rings. The summed E-state index contributed by atoms with van der Waals surface area (Å²) in [7, 11) is 0. The summed E-state index contributed by atoms with van der Waals surface area (Å²) in [5.74, 6) is 1.42. The Morgan fingerprint density at radius 2 is 1.81 bits per heavy atom. The van der Waals surface area contributed by atoms with E-state index >= 15 is 0 Å². The van der Waals surface area contributed by atoms with Crippen LogP contribution in [-0.2, 0) is 20.9 Å². The highest BCUT2D eigenvalue weighted by Gasteiger charge is 2.42. The van der Waals surface area contributed by atoms with Crippen LogP contribution in [0.15, 0.2) is 36.4 Å². The molecule has 1 N–H and O–H groups in total. The second-order valence-electron chi connectivity index (χ2n) is 11.3. The molecule has 0 radical (unpaired) electrons. The van der Waals surface area contributed by atoms with Crippen LogP contribution in [0.4, 0.5) is 11.5 Å². The minimum atomic E-state index is -0.293. The first-order chi connectivity index (χ1) is 18.1. The van der Waals surface area contributed by atoms with Crippen molar-refractivity contribution in [3.05, 3.63) is 53.2 Å². The minimum Gasteiger partial charge on any atom is -0.381 e. The topological polar surface area (TPSA) is 74.8 Å². The van der Waals surface area contributed by atoms with Gasteiger partial charge in [0.1, 0.15) is 5.82 Å². The molecular weight excluding hydrogens is 464 g/mol. The van der Waals surface area contributed by atoms with E-state index in [1.54, 1.807) is 0 Å². The van der Waals surface area contributed by atoms with Gasteiger partial charge in [-0.3, -0.25) is 9.59 Å². The molecule has 2 atom stereocenters. The normalized spacial score (nSPS) is 24.9. The molecule has 3 fully saturated rings. The SMILES string of the molecule is Cc1ccccc1N1Cc2ccc(NC3CCN(C(=O)C4CCCC4)CC3)nc2C(C2CCOC2)C1=O. The van der Waals surface area contributed by atoms with Crippen LogP contribution in [-0.4, -0.2) is 54.0 Å². The molecule has 0 bridgehead atoms. The van der Waals surface area contributed by atoms with E-state index < -0.39 is 0 Å². The number of rotatable bonds is 5. The van der Waals surface area contributed by atoms with Crippen molar-refractivity contribution >= 4 is 23.3 Å². The Balaban J connectivity index is 1.19. The number of benzene rings is 1. The van der Waals surface area contributed by atoms with E-state index in [2.05, 4.69) is 35.3 Å². The molecule has 7 nitrogen and oxygen atoms in total. The van der Waals surface area contributed by atoms with Crippen molar-refractivity contribution in [1.29, 1.82) is 0 Å². The maximum atomic E-state index is 13.9. The predicted octanol–water partition coefficient (Wildman–Crippen LogP) is 4.65. The fraction of sp³-hybridized carbons (Fsp3) is 0.567. The number of carbonyl (C=O) groups is 2. The van der Waals surface area contributed by atoms with E-state index in [0.717, 1.165) is 73.5 Å². The van der Waals surface area contributed by atoms with Gasteiger partial charge in [0, 0.05) is 43.3 Å². The quantitative estimate of drug-likeness (QED) is 0.644. The van der Waals surface area contributed by atoms with E-state index in [1.165, 1.54) is 12.8 Å². The smallest absolute Gasteiger partial charge is 0.236 e. The van der Waals surface area contributed by atoms with Crippen molar-refractivity contribution in [1.82, 2.24) is 9.88 Å². The number of para-hydroxylation sites is 1. The predicted molar refractivity (Wildman–Crippen MR) is 143 cm³/mol. The van der Waals surface area contributed by atoms with Gasteiger partial charge in [-0.1, -0.05) is 37.1 Å². The van der Waals surface area contributed by atoms with E-state index in [-0.39, 0.29) is 29.7 Å². The number of aromatic nitrogens is 1. The average molecular weight is 503 g/mol. The van der Waals surface area contributed by atoms with Crippen molar-refractivity contribution in [2.24, 2.45) is 11.8 Å². The van der Waals surface area contributed by atoms with Gasteiger partial charge < -0.3 is 19.9 Å². The minimum absolute atomic E-state index is 0.126. The lowest BCUT2D eigenvalue weighted by molar-refractivity contribution is -0.136. The molecule has 1 saturated carbocycles. The number of anilines is 2. The van der Waals surface area contributed by atoms with E-state index in [0.29, 0.717) is 25.7 Å². The van der Waals surface area contributed by atoms with Crippen molar-refractivity contribution in [2.75, 3.05) is 36.5 Å². The lowest BCUT2D eigenvalue weighted by Crippen LogP contribution is -2.45. The van der Waals surface area contributed by atoms with Crippen LogP contribution in [0.25, 0.3) is 0 Å². The van der Waals surface area contributed by atoms with Crippen molar-refractivity contribution < 1.29 is 14.3 Å². The summed E-state index contributed by atoms with van der Waals surface area (Å²) in [6, 6.07) is 12.6.